The first-order valence-electron chi connectivity index (χ1n) is 11.0. The van der Waals surface area contributed by atoms with Crippen LogP contribution in [0.5, 0.6) is 0 Å². The maximum atomic E-state index is 12.6. The maximum Gasteiger partial charge on any atom is 0.257 e. The molecule has 0 spiro atoms. The van der Waals surface area contributed by atoms with Gasteiger partial charge in [-0.2, -0.15) is 5.10 Å². The highest BCUT2D eigenvalue weighted by molar-refractivity contribution is 7.14. The van der Waals surface area contributed by atoms with Gasteiger partial charge < -0.3 is 5.32 Å². The van der Waals surface area contributed by atoms with E-state index in [4.69, 9.17) is 0 Å². The van der Waals surface area contributed by atoms with E-state index in [0.29, 0.717) is 17.2 Å². The van der Waals surface area contributed by atoms with Crippen LogP contribution in [0, 0.1) is 0 Å². The molecule has 4 rings (SSSR count). The molecular formula is C25H27N5O2S. The molecule has 2 amide bonds. The Labute approximate surface area is 197 Å². The number of hydrogen-bond acceptors (Lipinski definition) is 6. The maximum absolute atomic E-state index is 12.6. The van der Waals surface area contributed by atoms with E-state index < -0.39 is 0 Å². The molecule has 0 saturated heterocycles. The topological polar surface area (TPSA) is 86.7 Å². The number of hydrazone groups is 1. The minimum Gasteiger partial charge on any atom is -0.356 e. The Hall–Kier alpha value is -3.52. The normalized spacial score (nSPS) is 13.0. The van der Waals surface area contributed by atoms with Gasteiger partial charge in [-0.1, -0.05) is 24.3 Å². The fourth-order valence-electron chi connectivity index (χ4n) is 3.58. The van der Waals surface area contributed by atoms with Gasteiger partial charge >= 0.3 is 0 Å². The molecule has 1 aliphatic heterocycles. The molecule has 0 saturated carbocycles. The highest BCUT2D eigenvalue weighted by atomic mass is 32.1. The predicted molar refractivity (Wildman–Crippen MR) is 134 cm³/mol. The Kier molecular flexibility index (Phi) is 7.14. The lowest BCUT2D eigenvalue weighted by Crippen LogP contribution is -2.21. The summed E-state index contributed by atoms with van der Waals surface area (Å²) in [5.74, 6) is -0.182. The first kappa shape index (κ1) is 22.7. The summed E-state index contributed by atoms with van der Waals surface area (Å²) in [7, 11) is 0. The average Bonchev–Trinajstić information content (AvgIpc) is 3.46. The Morgan fingerprint density at radius 2 is 1.85 bits per heavy atom. The van der Waals surface area contributed by atoms with Crippen LogP contribution < -0.4 is 15.6 Å². The fourth-order valence-corrected chi connectivity index (χ4v) is 4.29. The summed E-state index contributed by atoms with van der Waals surface area (Å²) in [5.41, 5.74) is 5.73. The van der Waals surface area contributed by atoms with Gasteiger partial charge in [0, 0.05) is 48.7 Å². The summed E-state index contributed by atoms with van der Waals surface area (Å²) in [5, 5.41) is 14.7. The lowest BCUT2D eigenvalue weighted by Gasteiger charge is -2.13. The Bertz CT molecular complexity index is 1150. The van der Waals surface area contributed by atoms with Crippen LogP contribution in [0.4, 0.5) is 10.8 Å². The number of anilines is 2. The number of nitrogens with one attached hydrogen (secondary N) is 2. The molecule has 2 aromatic carbocycles. The van der Waals surface area contributed by atoms with Crippen LogP contribution in [0.1, 0.15) is 42.6 Å². The highest BCUT2D eigenvalue weighted by Gasteiger charge is 2.14. The van der Waals surface area contributed by atoms with Crippen molar-refractivity contribution in [2.24, 2.45) is 5.10 Å². The molecule has 0 unspecified atom stereocenters. The quantitative estimate of drug-likeness (QED) is 0.476. The molecule has 0 fully saturated rings. The van der Waals surface area contributed by atoms with Crippen LogP contribution in [0.25, 0.3) is 11.3 Å². The molecule has 1 aliphatic rings. The number of aryl methyl sites for hydroxylation is 1. The largest absolute Gasteiger partial charge is 0.356 e. The van der Waals surface area contributed by atoms with E-state index in [9.17, 15) is 9.59 Å². The zero-order valence-corrected chi connectivity index (χ0v) is 19.6. The van der Waals surface area contributed by atoms with Crippen molar-refractivity contribution in [3.63, 3.8) is 0 Å². The van der Waals surface area contributed by atoms with Gasteiger partial charge in [0.15, 0.2) is 5.13 Å². The number of hydrogen-bond donors (Lipinski definition) is 2. The third-order valence-corrected chi connectivity index (χ3v) is 6.15. The smallest absolute Gasteiger partial charge is 0.257 e. The van der Waals surface area contributed by atoms with Crippen molar-refractivity contribution in [2.75, 3.05) is 23.4 Å². The molecule has 170 valence electrons. The first-order valence-corrected chi connectivity index (χ1v) is 11.9. The summed E-state index contributed by atoms with van der Waals surface area (Å²) in [6.45, 7) is 5.10. The van der Waals surface area contributed by atoms with Crippen molar-refractivity contribution in [1.82, 2.24) is 10.3 Å². The molecule has 8 heteroatoms. The van der Waals surface area contributed by atoms with Gasteiger partial charge in [-0.05, 0) is 49.6 Å². The number of rotatable bonds is 8. The van der Waals surface area contributed by atoms with Crippen molar-refractivity contribution in [3.05, 3.63) is 65.0 Å². The van der Waals surface area contributed by atoms with E-state index in [1.807, 2.05) is 53.7 Å². The number of aromatic nitrogens is 1. The van der Waals surface area contributed by atoms with Gasteiger partial charge in [-0.25, -0.2) is 4.98 Å². The molecule has 33 heavy (non-hydrogen) atoms. The Morgan fingerprint density at radius 1 is 1.09 bits per heavy atom. The molecule has 0 aliphatic carbocycles. The lowest BCUT2D eigenvalue weighted by atomic mass is 10.1. The molecule has 0 radical (unpaired) electrons. The molecule has 2 N–H and O–H groups in total. The highest BCUT2D eigenvalue weighted by Crippen LogP contribution is 2.26. The van der Waals surface area contributed by atoms with E-state index in [0.717, 1.165) is 48.5 Å². The zero-order chi connectivity index (χ0) is 23.2. The van der Waals surface area contributed by atoms with Crippen molar-refractivity contribution < 1.29 is 9.59 Å². The summed E-state index contributed by atoms with van der Waals surface area (Å²) in [4.78, 5) is 28.1. The van der Waals surface area contributed by atoms with Gasteiger partial charge in [0.25, 0.3) is 5.91 Å². The van der Waals surface area contributed by atoms with Crippen molar-refractivity contribution >= 4 is 39.7 Å². The average molecular weight is 462 g/mol. The molecule has 0 atom stereocenters. The molecule has 2 heterocycles. The number of carbonyl (C=O) groups excluding carboxylic acids is 2. The number of thiazole rings is 1. The van der Waals surface area contributed by atoms with E-state index >= 15 is 0 Å². The second kappa shape index (κ2) is 10.4. The number of carbonyl (C=O) groups is 2. The molecule has 1 aromatic heterocycles. The minimum atomic E-state index is -0.182. The van der Waals surface area contributed by atoms with Gasteiger partial charge in [0.2, 0.25) is 5.91 Å². The summed E-state index contributed by atoms with van der Waals surface area (Å²) in [6, 6.07) is 15.7. The monoisotopic (exact) mass is 461 g/mol. The summed E-state index contributed by atoms with van der Waals surface area (Å²) < 4.78 is 0. The van der Waals surface area contributed by atoms with Crippen molar-refractivity contribution in [3.8, 4) is 11.3 Å². The fraction of sp³-hybridized carbons (Fsp3) is 0.280. The summed E-state index contributed by atoms with van der Waals surface area (Å²) in [6.07, 6.45) is 2.77. The van der Waals surface area contributed by atoms with Crippen LogP contribution in [-0.2, 0) is 11.2 Å². The standard InChI is InChI=1S/C25H27N5O2S/c1-17-13-15-30(29-17)22-11-9-21(10-12-22)24(32)28-25-27-23(16-33-25)20-7-5-19(6-8-20)4-3-14-26-18(2)31/h5-12,16H,3-4,13-15H2,1-2H3,(H,26,31)(H,27,28,32). The molecule has 0 bridgehead atoms. The number of amides is 2. The zero-order valence-electron chi connectivity index (χ0n) is 18.8. The van der Waals surface area contributed by atoms with Gasteiger partial charge in [-0.3, -0.25) is 19.9 Å². The van der Waals surface area contributed by atoms with E-state index in [-0.39, 0.29) is 11.8 Å². The van der Waals surface area contributed by atoms with Gasteiger partial charge in [0.05, 0.1) is 11.4 Å². The van der Waals surface area contributed by atoms with Gasteiger partial charge in [0.1, 0.15) is 0 Å². The van der Waals surface area contributed by atoms with Crippen LogP contribution in [0.3, 0.4) is 0 Å². The predicted octanol–water partition coefficient (Wildman–Crippen LogP) is 4.72. The van der Waals surface area contributed by atoms with Crippen LogP contribution >= 0.6 is 11.3 Å². The number of nitrogens with zero attached hydrogens (tertiary/aromatic N) is 3. The van der Waals surface area contributed by atoms with Gasteiger partial charge in [-0.15, -0.1) is 11.3 Å². The third kappa shape index (κ3) is 6.04. The third-order valence-electron chi connectivity index (χ3n) is 5.39. The SMILES string of the molecule is CC(=O)NCCCc1ccc(-c2csc(NC(=O)c3ccc(N4CCC(C)=N4)cc3)n2)cc1. The van der Waals surface area contributed by atoms with E-state index in [1.165, 1.54) is 23.8 Å². The van der Waals surface area contributed by atoms with Crippen LogP contribution in [0.15, 0.2) is 59.0 Å². The van der Waals surface area contributed by atoms with E-state index in [1.54, 1.807) is 0 Å². The number of benzene rings is 2. The van der Waals surface area contributed by atoms with E-state index in [2.05, 4.69) is 32.9 Å². The lowest BCUT2D eigenvalue weighted by molar-refractivity contribution is -0.118. The molecule has 7 nitrogen and oxygen atoms in total. The second-order valence-electron chi connectivity index (χ2n) is 8.03. The molecule has 3 aromatic rings. The van der Waals surface area contributed by atoms with Crippen molar-refractivity contribution in [1.29, 1.82) is 0 Å². The Balaban J connectivity index is 1.32. The second-order valence-corrected chi connectivity index (χ2v) is 8.89. The Morgan fingerprint density at radius 3 is 2.52 bits per heavy atom. The van der Waals surface area contributed by atoms with Crippen LogP contribution in [0.2, 0.25) is 0 Å². The van der Waals surface area contributed by atoms with Crippen LogP contribution in [-0.4, -0.2) is 35.6 Å². The van der Waals surface area contributed by atoms with Crippen molar-refractivity contribution in [2.45, 2.75) is 33.1 Å². The first-order chi connectivity index (χ1) is 16.0. The summed E-state index contributed by atoms with van der Waals surface area (Å²) >= 11 is 1.41. The molecular weight excluding hydrogens is 434 g/mol. The minimum absolute atomic E-state index is 0.000618.